The van der Waals surface area contributed by atoms with Gasteiger partial charge < -0.3 is 29.2 Å². The number of hydrogen-bond acceptors (Lipinski definition) is 5. The molecule has 0 unspecified atom stereocenters. The van der Waals surface area contributed by atoms with Gasteiger partial charge in [-0.15, -0.1) is 0 Å². The first-order valence-corrected chi connectivity index (χ1v) is 11.6. The third-order valence-corrected chi connectivity index (χ3v) is 6.30. The summed E-state index contributed by atoms with van der Waals surface area (Å²) in [5, 5.41) is 4.03. The summed E-state index contributed by atoms with van der Waals surface area (Å²) in [4.78, 5) is 16.5. The molecule has 2 heterocycles. The maximum Gasteiger partial charge on any atom is 0.221 e. The Labute approximate surface area is 204 Å². The minimum absolute atomic E-state index is 0.0510. The van der Waals surface area contributed by atoms with Crippen molar-refractivity contribution in [1.29, 1.82) is 0 Å². The third kappa shape index (κ3) is 4.75. The van der Waals surface area contributed by atoms with Gasteiger partial charge in [0.15, 0.2) is 11.5 Å². The number of carbonyl (C=O) groups is 1. The number of hydrogen-bond donors (Lipinski definition) is 2. The van der Waals surface area contributed by atoms with Crippen LogP contribution in [0.3, 0.4) is 0 Å². The van der Waals surface area contributed by atoms with Crippen LogP contribution in [-0.2, 0) is 11.3 Å². The second-order valence-electron chi connectivity index (χ2n) is 8.41. The zero-order chi connectivity index (χ0) is 24.2. The van der Waals surface area contributed by atoms with E-state index in [0.29, 0.717) is 25.5 Å². The highest BCUT2D eigenvalue weighted by atomic mass is 16.6. The van der Waals surface area contributed by atoms with Crippen molar-refractivity contribution in [2.45, 2.75) is 18.9 Å². The predicted octanol–water partition coefficient (Wildman–Crippen LogP) is 4.79. The summed E-state index contributed by atoms with van der Waals surface area (Å²) in [7, 11) is 3.29. The minimum atomic E-state index is -0.216. The van der Waals surface area contributed by atoms with E-state index in [9.17, 15) is 4.79 Å². The van der Waals surface area contributed by atoms with Crippen molar-refractivity contribution in [3.63, 3.8) is 0 Å². The maximum absolute atomic E-state index is 13.2. The summed E-state index contributed by atoms with van der Waals surface area (Å²) < 4.78 is 22.4. The quantitative estimate of drug-likeness (QED) is 0.385. The van der Waals surface area contributed by atoms with Gasteiger partial charge in [0, 0.05) is 36.0 Å². The van der Waals surface area contributed by atoms with Crippen LogP contribution in [0.5, 0.6) is 23.0 Å². The van der Waals surface area contributed by atoms with Gasteiger partial charge in [0.2, 0.25) is 5.91 Å². The van der Waals surface area contributed by atoms with E-state index in [4.69, 9.17) is 18.9 Å². The first-order chi connectivity index (χ1) is 17.2. The summed E-state index contributed by atoms with van der Waals surface area (Å²) >= 11 is 0. The first kappa shape index (κ1) is 22.7. The van der Waals surface area contributed by atoms with Gasteiger partial charge in [-0.25, -0.2) is 0 Å². The van der Waals surface area contributed by atoms with Crippen LogP contribution in [0.25, 0.3) is 10.9 Å². The molecule has 5 rings (SSSR count). The average Bonchev–Trinajstić information content (AvgIpc) is 3.35. The fourth-order valence-corrected chi connectivity index (χ4v) is 4.51. The van der Waals surface area contributed by atoms with Gasteiger partial charge in [-0.05, 0) is 53.1 Å². The van der Waals surface area contributed by atoms with Gasteiger partial charge in [-0.2, -0.15) is 0 Å². The van der Waals surface area contributed by atoms with E-state index in [2.05, 4.69) is 10.3 Å². The molecule has 0 radical (unpaired) electrons. The lowest BCUT2D eigenvalue weighted by Crippen LogP contribution is -2.25. The number of fused-ring (bicyclic) bond motifs is 2. The molecule has 1 aliphatic rings. The van der Waals surface area contributed by atoms with Crippen LogP contribution in [0.4, 0.5) is 0 Å². The van der Waals surface area contributed by atoms with Gasteiger partial charge >= 0.3 is 0 Å². The van der Waals surface area contributed by atoms with E-state index in [1.165, 1.54) is 0 Å². The van der Waals surface area contributed by atoms with Gasteiger partial charge in [0.25, 0.3) is 0 Å². The number of aromatic nitrogens is 1. The van der Waals surface area contributed by atoms with Crippen molar-refractivity contribution in [2.24, 2.45) is 0 Å². The molecule has 0 fully saturated rings. The molecule has 4 aromatic rings. The summed E-state index contributed by atoms with van der Waals surface area (Å²) in [6.45, 7) is 1.47. The zero-order valence-corrected chi connectivity index (χ0v) is 19.8. The highest BCUT2D eigenvalue weighted by molar-refractivity contribution is 5.91. The van der Waals surface area contributed by atoms with Crippen LogP contribution in [0.15, 0.2) is 66.9 Å². The number of ether oxygens (including phenoxy) is 4. The SMILES string of the molecule is COc1ccc(CNC(=O)C[C@H](c2ccc3c(c2)OCCO3)c2c[nH]c3cccc(OC)c23)cc1. The van der Waals surface area contributed by atoms with Gasteiger partial charge in [0.1, 0.15) is 24.7 Å². The van der Waals surface area contributed by atoms with Crippen LogP contribution in [-0.4, -0.2) is 38.3 Å². The Morgan fingerprint density at radius 3 is 2.57 bits per heavy atom. The number of benzene rings is 3. The standard InChI is InChI=1S/C28H28N2O5/c1-32-20-9-6-18(7-10-20)16-30-27(31)15-21(19-8-11-24-26(14-19)35-13-12-34-24)22-17-29-23-4-3-5-25(33-2)28(22)23/h3-11,14,17,21,29H,12-13,15-16H2,1-2H3,(H,30,31)/t21-/m1/s1. The largest absolute Gasteiger partial charge is 0.497 e. The van der Waals surface area contributed by atoms with Crippen molar-refractivity contribution in [2.75, 3.05) is 27.4 Å². The Balaban J connectivity index is 1.45. The number of carbonyl (C=O) groups excluding carboxylic acids is 1. The molecule has 0 aliphatic carbocycles. The smallest absolute Gasteiger partial charge is 0.221 e. The van der Waals surface area contributed by atoms with Crippen molar-refractivity contribution in [3.8, 4) is 23.0 Å². The predicted molar refractivity (Wildman–Crippen MR) is 134 cm³/mol. The molecule has 0 saturated heterocycles. The van der Waals surface area contributed by atoms with Crippen molar-refractivity contribution in [1.82, 2.24) is 10.3 Å². The topological polar surface area (TPSA) is 81.8 Å². The number of rotatable bonds is 8. The summed E-state index contributed by atoms with van der Waals surface area (Å²) in [5.74, 6) is 2.70. The highest BCUT2D eigenvalue weighted by Crippen LogP contribution is 2.41. The van der Waals surface area contributed by atoms with Crippen LogP contribution >= 0.6 is 0 Å². The Kier molecular flexibility index (Phi) is 6.48. The van der Waals surface area contributed by atoms with Crippen LogP contribution in [0.1, 0.15) is 29.0 Å². The molecule has 1 amide bonds. The lowest BCUT2D eigenvalue weighted by Gasteiger charge is -2.22. The highest BCUT2D eigenvalue weighted by Gasteiger charge is 2.25. The normalized spacial score (nSPS) is 13.3. The monoisotopic (exact) mass is 472 g/mol. The number of H-pyrrole nitrogens is 1. The molecular weight excluding hydrogens is 444 g/mol. The van der Waals surface area contributed by atoms with E-state index < -0.39 is 0 Å². The lowest BCUT2D eigenvalue weighted by molar-refractivity contribution is -0.121. The molecule has 2 N–H and O–H groups in total. The number of amides is 1. The zero-order valence-electron chi connectivity index (χ0n) is 19.8. The summed E-state index contributed by atoms with van der Waals surface area (Å²) in [6.07, 6.45) is 2.23. The van der Waals surface area contributed by atoms with Gasteiger partial charge in [-0.1, -0.05) is 24.3 Å². The molecule has 0 saturated carbocycles. The van der Waals surface area contributed by atoms with E-state index in [-0.39, 0.29) is 18.2 Å². The number of nitrogens with one attached hydrogen (secondary N) is 2. The Morgan fingerprint density at radius 2 is 1.80 bits per heavy atom. The van der Waals surface area contributed by atoms with E-state index in [1.54, 1.807) is 14.2 Å². The Hall–Kier alpha value is -4.13. The van der Waals surface area contributed by atoms with Gasteiger partial charge in [-0.3, -0.25) is 4.79 Å². The lowest BCUT2D eigenvalue weighted by atomic mass is 9.87. The molecule has 1 aliphatic heterocycles. The average molecular weight is 473 g/mol. The Bertz CT molecular complexity index is 1330. The summed E-state index contributed by atoms with van der Waals surface area (Å²) in [6, 6.07) is 19.4. The molecule has 35 heavy (non-hydrogen) atoms. The molecule has 1 aromatic heterocycles. The molecule has 1 atom stereocenters. The molecule has 3 aromatic carbocycles. The van der Waals surface area contributed by atoms with Crippen LogP contribution in [0, 0.1) is 0 Å². The van der Waals surface area contributed by atoms with Crippen LogP contribution < -0.4 is 24.3 Å². The number of methoxy groups -OCH3 is 2. The fraction of sp³-hybridized carbons (Fsp3) is 0.250. The van der Waals surface area contributed by atoms with Crippen molar-refractivity contribution < 1.29 is 23.7 Å². The van der Waals surface area contributed by atoms with E-state index in [1.807, 2.05) is 66.9 Å². The third-order valence-electron chi connectivity index (χ3n) is 6.30. The first-order valence-electron chi connectivity index (χ1n) is 11.6. The Morgan fingerprint density at radius 1 is 1.00 bits per heavy atom. The van der Waals surface area contributed by atoms with E-state index >= 15 is 0 Å². The molecule has 0 spiro atoms. The van der Waals surface area contributed by atoms with Crippen LogP contribution in [0.2, 0.25) is 0 Å². The summed E-state index contributed by atoms with van der Waals surface area (Å²) in [5.41, 5.74) is 3.93. The maximum atomic E-state index is 13.2. The molecule has 180 valence electrons. The van der Waals surface area contributed by atoms with Gasteiger partial charge in [0.05, 0.1) is 14.2 Å². The fourth-order valence-electron chi connectivity index (χ4n) is 4.51. The number of aromatic amines is 1. The molecule has 0 bridgehead atoms. The minimum Gasteiger partial charge on any atom is -0.497 e. The second-order valence-corrected chi connectivity index (χ2v) is 8.41. The molecule has 7 nitrogen and oxygen atoms in total. The van der Waals surface area contributed by atoms with Crippen molar-refractivity contribution >= 4 is 16.8 Å². The second kappa shape index (κ2) is 10.0. The van der Waals surface area contributed by atoms with Crippen molar-refractivity contribution in [3.05, 3.63) is 83.6 Å². The van der Waals surface area contributed by atoms with E-state index in [0.717, 1.165) is 44.8 Å². The molecular formula is C28H28N2O5. The molecule has 7 heteroatoms.